The largest absolute Gasteiger partial charge is 0.416 e. The Balaban J connectivity index is 1.96. The fourth-order valence-corrected chi connectivity index (χ4v) is 3.09. The van der Waals surface area contributed by atoms with Crippen LogP contribution in [0.2, 0.25) is 0 Å². The fraction of sp³-hybridized carbons (Fsp3) is 0.0588. The van der Waals surface area contributed by atoms with Crippen LogP contribution >= 0.6 is 11.8 Å². The van der Waals surface area contributed by atoms with E-state index < -0.39 is 22.4 Å². The standard InChI is InChI=1S/C17H11F3N4O2S/c18-17(19,20)11-5-4-6-12(9-11)23-15-14(24(25)26)16(22-10-21-15)27-13-7-2-1-3-8-13/h1-10H,(H,21,22,23). The zero-order chi connectivity index (χ0) is 19.4. The van der Waals surface area contributed by atoms with Crippen molar-refractivity contribution in [2.75, 3.05) is 5.32 Å². The lowest BCUT2D eigenvalue weighted by Gasteiger charge is -2.11. The number of rotatable bonds is 5. The highest BCUT2D eigenvalue weighted by atomic mass is 32.2. The molecule has 0 aliphatic carbocycles. The van der Waals surface area contributed by atoms with Crippen LogP contribution in [0.5, 0.6) is 0 Å². The first kappa shape index (κ1) is 18.6. The van der Waals surface area contributed by atoms with Crippen LogP contribution in [-0.4, -0.2) is 14.9 Å². The van der Waals surface area contributed by atoms with Crippen LogP contribution in [0.25, 0.3) is 0 Å². The Labute approximate surface area is 155 Å². The molecule has 0 spiro atoms. The van der Waals surface area contributed by atoms with Crippen LogP contribution in [-0.2, 0) is 6.18 Å². The molecule has 2 aromatic carbocycles. The maximum absolute atomic E-state index is 12.9. The molecule has 0 aliphatic heterocycles. The van der Waals surface area contributed by atoms with Crippen LogP contribution in [0.4, 0.5) is 30.4 Å². The number of hydrogen-bond donors (Lipinski definition) is 1. The number of halogens is 3. The number of anilines is 2. The molecule has 0 bridgehead atoms. The molecule has 0 atom stereocenters. The van der Waals surface area contributed by atoms with E-state index in [0.29, 0.717) is 0 Å². The number of hydrogen-bond acceptors (Lipinski definition) is 6. The molecule has 0 fully saturated rings. The molecular weight excluding hydrogens is 381 g/mol. The third kappa shape index (κ3) is 4.53. The van der Waals surface area contributed by atoms with Gasteiger partial charge in [-0.3, -0.25) is 10.1 Å². The Morgan fingerprint density at radius 2 is 1.78 bits per heavy atom. The highest BCUT2D eigenvalue weighted by Crippen LogP contribution is 2.38. The molecule has 3 rings (SSSR count). The number of alkyl halides is 3. The van der Waals surface area contributed by atoms with E-state index in [0.717, 1.165) is 35.1 Å². The van der Waals surface area contributed by atoms with E-state index in [1.54, 1.807) is 30.3 Å². The SMILES string of the molecule is O=[N+]([O-])c1c(Nc2cccc(C(F)(F)F)c2)ncnc1Sc1ccccc1. The van der Waals surface area contributed by atoms with Crippen molar-refractivity contribution in [2.24, 2.45) is 0 Å². The number of nitrogens with zero attached hydrogens (tertiary/aromatic N) is 3. The Hall–Kier alpha value is -3.14. The molecule has 1 N–H and O–H groups in total. The second kappa shape index (κ2) is 7.62. The van der Waals surface area contributed by atoms with Gasteiger partial charge in [-0.05, 0) is 30.3 Å². The normalized spacial score (nSPS) is 11.2. The third-order valence-electron chi connectivity index (χ3n) is 3.38. The lowest BCUT2D eigenvalue weighted by Crippen LogP contribution is -2.06. The molecule has 10 heteroatoms. The molecule has 138 valence electrons. The second-order valence-corrected chi connectivity index (χ2v) is 6.31. The van der Waals surface area contributed by atoms with E-state index >= 15 is 0 Å². The average molecular weight is 392 g/mol. The van der Waals surface area contributed by atoms with Crippen LogP contribution in [0, 0.1) is 10.1 Å². The number of benzene rings is 2. The van der Waals surface area contributed by atoms with E-state index in [1.165, 1.54) is 12.1 Å². The molecule has 0 aliphatic rings. The van der Waals surface area contributed by atoms with Gasteiger partial charge in [-0.25, -0.2) is 9.97 Å². The summed E-state index contributed by atoms with van der Waals surface area (Å²) >= 11 is 1.06. The zero-order valence-electron chi connectivity index (χ0n) is 13.5. The van der Waals surface area contributed by atoms with Crippen molar-refractivity contribution in [3.05, 3.63) is 76.6 Å². The summed E-state index contributed by atoms with van der Waals surface area (Å²) < 4.78 is 38.6. The summed E-state index contributed by atoms with van der Waals surface area (Å²) in [5.41, 5.74) is -1.26. The van der Waals surface area contributed by atoms with Gasteiger partial charge in [-0.2, -0.15) is 13.2 Å². The van der Waals surface area contributed by atoms with Gasteiger partial charge in [0.15, 0.2) is 5.03 Å². The summed E-state index contributed by atoms with van der Waals surface area (Å²) in [6, 6.07) is 13.2. The first-order valence-electron chi connectivity index (χ1n) is 7.51. The van der Waals surface area contributed by atoms with E-state index in [4.69, 9.17) is 0 Å². The number of aromatic nitrogens is 2. The first-order chi connectivity index (χ1) is 12.8. The first-order valence-corrected chi connectivity index (χ1v) is 8.33. The lowest BCUT2D eigenvalue weighted by atomic mass is 10.2. The lowest BCUT2D eigenvalue weighted by molar-refractivity contribution is -0.387. The second-order valence-electron chi connectivity index (χ2n) is 5.25. The van der Waals surface area contributed by atoms with Crippen LogP contribution in [0.3, 0.4) is 0 Å². The predicted molar refractivity (Wildman–Crippen MR) is 94.0 cm³/mol. The molecule has 0 radical (unpaired) electrons. The van der Waals surface area contributed by atoms with Gasteiger partial charge in [-0.15, -0.1) is 0 Å². The van der Waals surface area contributed by atoms with Crippen molar-refractivity contribution in [3.8, 4) is 0 Å². The van der Waals surface area contributed by atoms with E-state index in [2.05, 4.69) is 15.3 Å². The van der Waals surface area contributed by atoms with Crippen LogP contribution in [0.15, 0.2) is 70.8 Å². The number of nitrogens with one attached hydrogen (secondary N) is 1. The van der Waals surface area contributed by atoms with Gasteiger partial charge < -0.3 is 5.32 Å². The Bertz CT molecular complexity index is 968. The van der Waals surface area contributed by atoms with Gasteiger partial charge in [0.25, 0.3) is 0 Å². The molecule has 3 aromatic rings. The third-order valence-corrected chi connectivity index (χ3v) is 4.38. The molecule has 0 unspecified atom stereocenters. The van der Waals surface area contributed by atoms with Gasteiger partial charge in [0.1, 0.15) is 6.33 Å². The van der Waals surface area contributed by atoms with Crippen LogP contribution < -0.4 is 5.32 Å². The van der Waals surface area contributed by atoms with Crippen molar-refractivity contribution in [2.45, 2.75) is 16.1 Å². The van der Waals surface area contributed by atoms with E-state index in [1.807, 2.05) is 0 Å². The molecule has 0 saturated carbocycles. The quantitative estimate of drug-likeness (QED) is 0.361. The summed E-state index contributed by atoms with van der Waals surface area (Å²) in [5, 5.41) is 14.2. The molecule has 6 nitrogen and oxygen atoms in total. The predicted octanol–water partition coefficient (Wildman–Crippen LogP) is 5.30. The Morgan fingerprint density at radius 1 is 1.04 bits per heavy atom. The van der Waals surface area contributed by atoms with Crippen molar-refractivity contribution in [3.63, 3.8) is 0 Å². The van der Waals surface area contributed by atoms with Crippen molar-refractivity contribution < 1.29 is 18.1 Å². The Kier molecular flexibility index (Phi) is 5.26. The monoisotopic (exact) mass is 392 g/mol. The molecular formula is C17H11F3N4O2S. The minimum atomic E-state index is -4.52. The molecule has 0 saturated heterocycles. The summed E-state index contributed by atoms with van der Waals surface area (Å²) in [6.07, 6.45) is -3.40. The maximum Gasteiger partial charge on any atom is 0.416 e. The molecule has 0 amide bonds. The highest BCUT2D eigenvalue weighted by molar-refractivity contribution is 7.99. The summed E-state index contributed by atoms with van der Waals surface area (Å²) in [6.45, 7) is 0. The van der Waals surface area contributed by atoms with Gasteiger partial charge >= 0.3 is 11.9 Å². The maximum atomic E-state index is 12.9. The summed E-state index contributed by atoms with van der Waals surface area (Å²) in [5.74, 6) is -0.187. The molecule has 1 aromatic heterocycles. The summed E-state index contributed by atoms with van der Waals surface area (Å²) in [7, 11) is 0. The smallest absolute Gasteiger partial charge is 0.334 e. The number of nitro groups is 1. The fourth-order valence-electron chi connectivity index (χ4n) is 2.20. The molecule has 27 heavy (non-hydrogen) atoms. The zero-order valence-corrected chi connectivity index (χ0v) is 14.3. The summed E-state index contributed by atoms with van der Waals surface area (Å²) in [4.78, 5) is 19.4. The Morgan fingerprint density at radius 3 is 2.44 bits per heavy atom. The van der Waals surface area contributed by atoms with E-state index in [9.17, 15) is 23.3 Å². The highest BCUT2D eigenvalue weighted by Gasteiger charge is 2.31. The topological polar surface area (TPSA) is 81.0 Å². The van der Waals surface area contributed by atoms with Gasteiger partial charge in [0, 0.05) is 10.6 Å². The van der Waals surface area contributed by atoms with Gasteiger partial charge in [0.2, 0.25) is 5.82 Å². The van der Waals surface area contributed by atoms with E-state index in [-0.39, 0.29) is 16.5 Å². The average Bonchev–Trinajstić information content (AvgIpc) is 2.62. The van der Waals surface area contributed by atoms with Gasteiger partial charge in [0.05, 0.1) is 10.5 Å². The van der Waals surface area contributed by atoms with Crippen molar-refractivity contribution in [1.29, 1.82) is 0 Å². The van der Waals surface area contributed by atoms with Gasteiger partial charge in [-0.1, -0.05) is 36.0 Å². The minimum Gasteiger partial charge on any atom is -0.334 e. The van der Waals surface area contributed by atoms with Crippen LogP contribution in [0.1, 0.15) is 5.56 Å². The van der Waals surface area contributed by atoms with Crippen molar-refractivity contribution >= 4 is 29.0 Å². The minimum absolute atomic E-state index is 0.0299. The van der Waals surface area contributed by atoms with Crippen molar-refractivity contribution in [1.82, 2.24) is 9.97 Å². The molecule has 1 heterocycles.